The lowest BCUT2D eigenvalue weighted by Crippen LogP contribution is -2.23. The fourth-order valence-electron chi connectivity index (χ4n) is 1.23. The van der Waals surface area contributed by atoms with Crippen molar-refractivity contribution in [2.75, 3.05) is 6.61 Å². The van der Waals surface area contributed by atoms with Gasteiger partial charge in [-0.1, -0.05) is 18.2 Å². The fourth-order valence-corrected chi connectivity index (χ4v) is 1.23. The maximum atomic E-state index is 11.2. The first-order valence-electron chi connectivity index (χ1n) is 5.17. The van der Waals surface area contributed by atoms with E-state index >= 15 is 0 Å². The first-order chi connectivity index (χ1) is 8.13. The lowest BCUT2D eigenvalue weighted by Gasteiger charge is -2.05. The molecule has 0 heterocycles. The maximum Gasteiger partial charge on any atom is 0.272 e. The molecule has 90 valence electrons. The number of rotatable bonds is 4. The van der Waals surface area contributed by atoms with Gasteiger partial charge < -0.3 is 16.2 Å². The molecule has 1 rings (SSSR count). The number of amides is 1. The second-order valence-corrected chi connectivity index (χ2v) is 3.18. The molecular weight excluding hydrogens is 218 g/mol. The number of carbonyl (C=O) groups excluding carboxylic acids is 1. The number of hydrogen-bond donors (Lipinski definition) is 2. The molecule has 0 saturated heterocycles. The summed E-state index contributed by atoms with van der Waals surface area (Å²) < 4.78 is 5.40. The SMILES string of the molecule is CCOc1ccccc1/C=C/C(=O)N=C(N)N. The quantitative estimate of drug-likeness (QED) is 0.459. The standard InChI is InChI=1S/C12H15N3O2/c1-2-17-10-6-4-3-5-9(10)7-8-11(16)15-12(13)14/h3-8H,2H2,1H3,(H4,13,14,15,16)/b8-7+. The van der Waals surface area contributed by atoms with E-state index in [-0.39, 0.29) is 5.96 Å². The summed E-state index contributed by atoms with van der Waals surface area (Å²) in [4.78, 5) is 14.6. The summed E-state index contributed by atoms with van der Waals surface area (Å²) in [5, 5.41) is 0. The van der Waals surface area contributed by atoms with Crippen molar-refractivity contribution in [1.29, 1.82) is 0 Å². The first kappa shape index (κ1) is 12.8. The molecule has 0 aliphatic heterocycles. The number of nitrogens with two attached hydrogens (primary N) is 2. The van der Waals surface area contributed by atoms with E-state index in [1.54, 1.807) is 6.08 Å². The number of hydrogen-bond acceptors (Lipinski definition) is 2. The third-order valence-corrected chi connectivity index (χ3v) is 1.86. The van der Waals surface area contributed by atoms with E-state index in [0.29, 0.717) is 12.4 Å². The van der Waals surface area contributed by atoms with Gasteiger partial charge in [0, 0.05) is 11.6 Å². The number of aliphatic imine (C=N–C) groups is 1. The topological polar surface area (TPSA) is 90.7 Å². The Morgan fingerprint density at radius 2 is 2.12 bits per heavy atom. The Hall–Kier alpha value is -2.30. The van der Waals surface area contributed by atoms with E-state index in [1.165, 1.54) is 6.08 Å². The van der Waals surface area contributed by atoms with Gasteiger partial charge in [-0.3, -0.25) is 4.79 Å². The van der Waals surface area contributed by atoms with Crippen molar-refractivity contribution in [2.24, 2.45) is 16.5 Å². The average molecular weight is 233 g/mol. The highest BCUT2D eigenvalue weighted by Gasteiger charge is 1.99. The Morgan fingerprint density at radius 1 is 1.41 bits per heavy atom. The minimum absolute atomic E-state index is 0.252. The van der Waals surface area contributed by atoms with Crippen LogP contribution in [0, 0.1) is 0 Å². The van der Waals surface area contributed by atoms with Crippen molar-refractivity contribution >= 4 is 17.9 Å². The van der Waals surface area contributed by atoms with Crippen LogP contribution >= 0.6 is 0 Å². The Balaban J connectivity index is 2.84. The van der Waals surface area contributed by atoms with E-state index in [4.69, 9.17) is 16.2 Å². The third-order valence-electron chi connectivity index (χ3n) is 1.86. The molecular formula is C12H15N3O2. The van der Waals surface area contributed by atoms with Crippen LogP contribution in [0.5, 0.6) is 5.75 Å². The number of guanidine groups is 1. The van der Waals surface area contributed by atoms with Crippen molar-refractivity contribution in [3.8, 4) is 5.75 Å². The summed E-state index contributed by atoms with van der Waals surface area (Å²) in [6, 6.07) is 7.38. The number of carbonyl (C=O) groups is 1. The second kappa shape index (κ2) is 6.32. The molecule has 0 fully saturated rings. The van der Waals surface area contributed by atoms with Gasteiger partial charge in [0.2, 0.25) is 0 Å². The zero-order chi connectivity index (χ0) is 12.7. The predicted molar refractivity (Wildman–Crippen MR) is 67.5 cm³/mol. The van der Waals surface area contributed by atoms with Crippen LogP contribution in [-0.2, 0) is 4.79 Å². The molecule has 0 bridgehead atoms. The zero-order valence-electron chi connectivity index (χ0n) is 9.59. The van der Waals surface area contributed by atoms with Gasteiger partial charge in [-0.15, -0.1) is 0 Å². The Kier molecular flexibility index (Phi) is 4.75. The number of nitrogens with zero attached hydrogens (tertiary/aromatic N) is 1. The monoisotopic (exact) mass is 233 g/mol. The van der Waals surface area contributed by atoms with Crippen molar-refractivity contribution in [2.45, 2.75) is 6.92 Å². The summed E-state index contributed by atoms with van der Waals surface area (Å²) in [6.45, 7) is 2.46. The highest BCUT2D eigenvalue weighted by molar-refractivity contribution is 6.00. The van der Waals surface area contributed by atoms with Crippen molar-refractivity contribution in [1.82, 2.24) is 0 Å². The van der Waals surface area contributed by atoms with E-state index in [0.717, 1.165) is 5.56 Å². The van der Waals surface area contributed by atoms with Crippen LogP contribution in [0.15, 0.2) is 35.3 Å². The molecule has 4 N–H and O–H groups in total. The lowest BCUT2D eigenvalue weighted by atomic mass is 10.2. The molecule has 0 aromatic heterocycles. The van der Waals surface area contributed by atoms with Crippen molar-refractivity contribution < 1.29 is 9.53 Å². The zero-order valence-corrected chi connectivity index (χ0v) is 9.59. The van der Waals surface area contributed by atoms with Crippen LogP contribution in [-0.4, -0.2) is 18.5 Å². The van der Waals surface area contributed by atoms with Gasteiger partial charge in [-0.05, 0) is 19.1 Å². The molecule has 5 heteroatoms. The minimum atomic E-state index is -0.503. The van der Waals surface area contributed by atoms with Crippen LogP contribution in [0.2, 0.25) is 0 Å². The lowest BCUT2D eigenvalue weighted by molar-refractivity contribution is -0.113. The van der Waals surface area contributed by atoms with E-state index in [9.17, 15) is 4.79 Å². The molecule has 0 aliphatic rings. The summed E-state index contributed by atoms with van der Waals surface area (Å²) in [6.07, 6.45) is 2.90. The molecule has 5 nitrogen and oxygen atoms in total. The van der Waals surface area contributed by atoms with Crippen molar-refractivity contribution in [3.63, 3.8) is 0 Å². The molecule has 0 spiro atoms. The summed E-state index contributed by atoms with van der Waals surface area (Å²) in [5.41, 5.74) is 11.0. The van der Waals surface area contributed by atoms with Gasteiger partial charge >= 0.3 is 0 Å². The van der Waals surface area contributed by atoms with E-state index in [2.05, 4.69) is 4.99 Å². The van der Waals surface area contributed by atoms with Crippen LogP contribution in [0.25, 0.3) is 6.08 Å². The van der Waals surface area contributed by atoms with Crippen LogP contribution < -0.4 is 16.2 Å². The molecule has 0 aliphatic carbocycles. The Morgan fingerprint density at radius 3 is 2.76 bits per heavy atom. The van der Waals surface area contributed by atoms with Crippen LogP contribution in [0.1, 0.15) is 12.5 Å². The highest BCUT2D eigenvalue weighted by atomic mass is 16.5. The third kappa shape index (κ3) is 4.38. The molecule has 0 atom stereocenters. The van der Waals surface area contributed by atoms with Gasteiger partial charge in [0.1, 0.15) is 5.75 Å². The van der Waals surface area contributed by atoms with Crippen LogP contribution in [0.4, 0.5) is 0 Å². The fraction of sp³-hybridized carbons (Fsp3) is 0.167. The number of para-hydroxylation sites is 1. The van der Waals surface area contributed by atoms with Gasteiger partial charge in [0.25, 0.3) is 5.91 Å². The second-order valence-electron chi connectivity index (χ2n) is 3.18. The molecule has 1 aromatic rings. The molecule has 0 radical (unpaired) electrons. The number of ether oxygens (including phenoxy) is 1. The maximum absolute atomic E-state index is 11.2. The smallest absolute Gasteiger partial charge is 0.272 e. The molecule has 1 amide bonds. The number of benzene rings is 1. The van der Waals surface area contributed by atoms with Gasteiger partial charge in [-0.2, -0.15) is 4.99 Å². The average Bonchev–Trinajstić information content (AvgIpc) is 2.27. The minimum Gasteiger partial charge on any atom is -0.493 e. The van der Waals surface area contributed by atoms with Gasteiger partial charge in [0.15, 0.2) is 5.96 Å². The van der Waals surface area contributed by atoms with Gasteiger partial charge in [-0.25, -0.2) is 0 Å². The predicted octanol–water partition coefficient (Wildman–Crippen LogP) is 0.899. The largest absolute Gasteiger partial charge is 0.493 e. The summed E-state index contributed by atoms with van der Waals surface area (Å²) in [5.74, 6) is -0.0437. The van der Waals surface area contributed by atoms with E-state index in [1.807, 2.05) is 31.2 Å². The van der Waals surface area contributed by atoms with Crippen molar-refractivity contribution in [3.05, 3.63) is 35.9 Å². The normalized spacial score (nSPS) is 10.2. The Labute approximate surface area is 99.8 Å². The molecule has 0 saturated carbocycles. The van der Waals surface area contributed by atoms with Crippen LogP contribution in [0.3, 0.4) is 0 Å². The highest BCUT2D eigenvalue weighted by Crippen LogP contribution is 2.19. The van der Waals surface area contributed by atoms with E-state index < -0.39 is 5.91 Å². The first-order valence-corrected chi connectivity index (χ1v) is 5.17. The molecule has 0 unspecified atom stereocenters. The summed E-state index contributed by atoms with van der Waals surface area (Å²) >= 11 is 0. The Bertz CT molecular complexity index is 449. The molecule has 1 aromatic carbocycles. The van der Waals surface area contributed by atoms with Gasteiger partial charge in [0.05, 0.1) is 6.61 Å². The molecule has 17 heavy (non-hydrogen) atoms. The summed E-state index contributed by atoms with van der Waals surface area (Å²) in [7, 11) is 0.